The molecule has 0 saturated heterocycles. The molecule has 1 aliphatic carbocycles. The van der Waals surface area contributed by atoms with Crippen LogP contribution in [0.1, 0.15) is 42.7 Å². The van der Waals surface area contributed by atoms with Crippen molar-refractivity contribution in [2.75, 3.05) is 12.4 Å². The fraction of sp³-hybridized carbons (Fsp3) is 0.636. The van der Waals surface area contributed by atoms with E-state index < -0.39 is 5.97 Å². The molecule has 1 aromatic heterocycles. The number of aromatic nitrogens is 2. The van der Waals surface area contributed by atoms with Crippen LogP contribution in [0.4, 0.5) is 5.13 Å². The maximum atomic E-state index is 11.2. The van der Waals surface area contributed by atoms with Gasteiger partial charge in [-0.2, -0.15) is 9.36 Å². The first kappa shape index (κ1) is 14.1. The van der Waals surface area contributed by atoms with Gasteiger partial charge in [0.1, 0.15) is 0 Å². The number of nitrogens with one attached hydrogen (secondary N) is 2. The number of ether oxygens (including phenoxy) is 1. The molecule has 0 aliphatic heterocycles. The molecule has 8 heteroatoms. The van der Waals surface area contributed by atoms with Crippen LogP contribution in [-0.4, -0.2) is 33.6 Å². The summed E-state index contributed by atoms with van der Waals surface area (Å²) in [6, 6.07) is 0.432. The van der Waals surface area contributed by atoms with Crippen molar-refractivity contribution in [1.29, 1.82) is 0 Å². The Hall–Kier alpha value is -1.28. The molecule has 0 amide bonds. The van der Waals surface area contributed by atoms with E-state index in [1.165, 1.54) is 26.4 Å². The third-order valence-corrected chi connectivity index (χ3v) is 3.81. The normalized spacial score (nSPS) is 15.8. The van der Waals surface area contributed by atoms with E-state index in [2.05, 4.69) is 24.7 Å². The standard InChI is InChI=1S/C11H16N4O2S2/c1-17-9(16)8-13-11(19-15-8)14-10(18)12-7-5-3-2-4-6-7/h7H,2-6H2,1H3,(H2,12,13,14,15,18). The van der Waals surface area contributed by atoms with Gasteiger partial charge in [0.15, 0.2) is 5.11 Å². The zero-order valence-electron chi connectivity index (χ0n) is 10.6. The number of hydrogen-bond acceptors (Lipinski definition) is 6. The number of anilines is 1. The van der Waals surface area contributed by atoms with Gasteiger partial charge in [-0.05, 0) is 25.1 Å². The van der Waals surface area contributed by atoms with Crippen LogP contribution in [0.15, 0.2) is 0 Å². The molecule has 1 aliphatic rings. The second kappa shape index (κ2) is 6.76. The molecule has 2 N–H and O–H groups in total. The first-order valence-electron chi connectivity index (χ1n) is 6.18. The maximum absolute atomic E-state index is 11.2. The maximum Gasteiger partial charge on any atom is 0.377 e. The molecule has 1 saturated carbocycles. The Bertz CT molecular complexity index is 457. The molecule has 2 rings (SSSR count). The summed E-state index contributed by atoms with van der Waals surface area (Å²) in [4.78, 5) is 15.2. The lowest BCUT2D eigenvalue weighted by Crippen LogP contribution is -2.38. The number of esters is 1. The third kappa shape index (κ3) is 4.10. The lowest BCUT2D eigenvalue weighted by atomic mass is 9.96. The summed E-state index contributed by atoms with van der Waals surface area (Å²) in [6.07, 6.45) is 6.07. The quantitative estimate of drug-likeness (QED) is 0.652. The zero-order chi connectivity index (χ0) is 13.7. The second-order valence-electron chi connectivity index (χ2n) is 4.35. The second-order valence-corrected chi connectivity index (χ2v) is 5.51. The van der Waals surface area contributed by atoms with Gasteiger partial charge in [-0.3, -0.25) is 0 Å². The molecule has 6 nitrogen and oxygen atoms in total. The molecular weight excluding hydrogens is 284 g/mol. The molecule has 0 atom stereocenters. The number of methoxy groups -OCH3 is 1. The molecule has 0 radical (unpaired) electrons. The van der Waals surface area contributed by atoms with Crippen LogP contribution < -0.4 is 10.6 Å². The van der Waals surface area contributed by atoms with Crippen LogP contribution in [0, 0.1) is 0 Å². The Morgan fingerprint density at radius 1 is 1.42 bits per heavy atom. The first-order chi connectivity index (χ1) is 9.19. The van der Waals surface area contributed by atoms with Crippen molar-refractivity contribution in [2.45, 2.75) is 38.1 Å². The average molecular weight is 300 g/mol. The highest BCUT2D eigenvalue weighted by Crippen LogP contribution is 2.18. The Morgan fingerprint density at radius 3 is 2.84 bits per heavy atom. The molecule has 19 heavy (non-hydrogen) atoms. The monoisotopic (exact) mass is 300 g/mol. The van der Waals surface area contributed by atoms with Gasteiger partial charge in [0, 0.05) is 17.6 Å². The first-order valence-corrected chi connectivity index (χ1v) is 7.36. The molecule has 1 fully saturated rings. The minimum atomic E-state index is -0.546. The number of carbonyl (C=O) groups excluding carboxylic acids is 1. The zero-order valence-corrected chi connectivity index (χ0v) is 12.3. The lowest BCUT2D eigenvalue weighted by molar-refractivity contribution is 0.0588. The van der Waals surface area contributed by atoms with Gasteiger partial charge in [-0.15, -0.1) is 0 Å². The van der Waals surface area contributed by atoms with Gasteiger partial charge < -0.3 is 15.4 Å². The number of nitrogens with zero attached hydrogens (tertiary/aromatic N) is 2. The summed E-state index contributed by atoms with van der Waals surface area (Å²) in [7, 11) is 1.30. The van der Waals surface area contributed by atoms with Gasteiger partial charge in [0.25, 0.3) is 5.82 Å². The van der Waals surface area contributed by atoms with Gasteiger partial charge in [-0.1, -0.05) is 19.3 Å². The summed E-state index contributed by atoms with van der Waals surface area (Å²) in [5.74, 6) is -0.495. The fourth-order valence-electron chi connectivity index (χ4n) is 2.01. The summed E-state index contributed by atoms with van der Waals surface area (Å²) in [6.45, 7) is 0. The molecule has 0 unspecified atom stereocenters. The topological polar surface area (TPSA) is 76.1 Å². The minimum absolute atomic E-state index is 0.0514. The SMILES string of the molecule is COC(=O)c1nsc(NC(=S)NC2CCCCC2)n1. The Labute approximate surface area is 121 Å². The highest BCUT2D eigenvalue weighted by molar-refractivity contribution is 7.80. The summed E-state index contributed by atoms with van der Waals surface area (Å²) < 4.78 is 8.44. The van der Waals surface area contributed by atoms with E-state index in [0.29, 0.717) is 16.3 Å². The molecule has 0 spiro atoms. The summed E-state index contributed by atoms with van der Waals surface area (Å²) >= 11 is 6.30. The van der Waals surface area contributed by atoms with E-state index >= 15 is 0 Å². The van der Waals surface area contributed by atoms with Gasteiger partial charge in [0.2, 0.25) is 5.13 Å². The number of carbonyl (C=O) groups is 1. The fourth-order valence-corrected chi connectivity index (χ4v) is 2.91. The molecule has 1 heterocycles. The summed E-state index contributed by atoms with van der Waals surface area (Å²) in [5, 5.41) is 7.23. The van der Waals surface area contributed by atoms with E-state index in [0.717, 1.165) is 24.4 Å². The predicted molar refractivity (Wildman–Crippen MR) is 77.5 cm³/mol. The third-order valence-electron chi connectivity index (χ3n) is 2.95. The van der Waals surface area contributed by atoms with Crippen molar-refractivity contribution >= 4 is 40.0 Å². The van der Waals surface area contributed by atoms with Crippen molar-refractivity contribution in [1.82, 2.24) is 14.7 Å². The molecule has 104 valence electrons. The highest BCUT2D eigenvalue weighted by atomic mass is 32.1. The highest BCUT2D eigenvalue weighted by Gasteiger charge is 2.16. The molecular formula is C11H16N4O2S2. The van der Waals surface area contributed by atoms with Crippen LogP contribution >= 0.6 is 23.8 Å². The van der Waals surface area contributed by atoms with Crippen molar-refractivity contribution < 1.29 is 9.53 Å². The van der Waals surface area contributed by atoms with E-state index in [1.54, 1.807) is 0 Å². The molecule has 0 aromatic carbocycles. The van der Waals surface area contributed by atoms with Crippen molar-refractivity contribution in [3.05, 3.63) is 5.82 Å². The van der Waals surface area contributed by atoms with Crippen LogP contribution in [0.2, 0.25) is 0 Å². The Kier molecular flexibility index (Phi) is 5.03. The van der Waals surface area contributed by atoms with Crippen molar-refractivity contribution in [3.8, 4) is 0 Å². The van der Waals surface area contributed by atoms with E-state index in [9.17, 15) is 4.79 Å². The van der Waals surface area contributed by atoms with Gasteiger partial charge >= 0.3 is 5.97 Å². The smallest absolute Gasteiger partial charge is 0.377 e. The molecule has 0 bridgehead atoms. The van der Waals surface area contributed by atoms with Crippen LogP contribution in [0.5, 0.6) is 0 Å². The summed E-state index contributed by atoms with van der Waals surface area (Å²) in [5.41, 5.74) is 0. The number of rotatable bonds is 3. The molecule has 1 aromatic rings. The largest absolute Gasteiger partial charge is 0.463 e. The van der Waals surface area contributed by atoms with E-state index in [1.807, 2.05) is 0 Å². The Balaban J connectivity index is 1.84. The lowest BCUT2D eigenvalue weighted by Gasteiger charge is -2.23. The van der Waals surface area contributed by atoms with Gasteiger partial charge in [0.05, 0.1) is 7.11 Å². The van der Waals surface area contributed by atoms with Crippen molar-refractivity contribution in [2.24, 2.45) is 0 Å². The number of thiocarbonyl (C=S) groups is 1. The number of hydrogen-bond donors (Lipinski definition) is 2. The predicted octanol–water partition coefficient (Wildman–Crippen LogP) is 1.94. The van der Waals surface area contributed by atoms with Crippen molar-refractivity contribution in [3.63, 3.8) is 0 Å². The van der Waals surface area contributed by atoms with E-state index in [-0.39, 0.29) is 5.82 Å². The van der Waals surface area contributed by atoms with Gasteiger partial charge in [-0.25, -0.2) is 4.79 Å². The minimum Gasteiger partial charge on any atom is -0.463 e. The van der Waals surface area contributed by atoms with E-state index in [4.69, 9.17) is 12.2 Å². The van der Waals surface area contributed by atoms with Crippen LogP contribution in [-0.2, 0) is 4.74 Å². The van der Waals surface area contributed by atoms with Crippen LogP contribution in [0.3, 0.4) is 0 Å². The van der Waals surface area contributed by atoms with Crippen LogP contribution in [0.25, 0.3) is 0 Å². The average Bonchev–Trinajstić information content (AvgIpc) is 2.87. The Morgan fingerprint density at radius 2 is 2.16 bits per heavy atom.